The van der Waals surface area contributed by atoms with Gasteiger partial charge in [0.2, 0.25) is 12.4 Å². The predicted molar refractivity (Wildman–Crippen MR) is 83.4 cm³/mol. The highest BCUT2D eigenvalue weighted by Crippen LogP contribution is 2.13. The Kier molecular flexibility index (Phi) is 4.60. The summed E-state index contributed by atoms with van der Waals surface area (Å²) in [6.07, 6.45) is 2.48. The summed E-state index contributed by atoms with van der Waals surface area (Å²) in [4.78, 5) is 19.0. The van der Waals surface area contributed by atoms with Gasteiger partial charge in [-0.05, 0) is 17.7 Å². The molecule has 1 saturated heterocycles. The van der Waals surface area contributed by atoms with E-state index >= 15 is 0 Å². The molecule has 8 heteroatoms. The molecule has 1 aromatic heterocycles. The lowest BCUT2D eigenvalue weighted by Gasteiger charge is -2.33. The fraction of sp³-hybridized carbons (Fsp3) is 0.333. The van der Waals surface area contributed by atoms with Crippen LogP contribution in [0, 0.1) is 5.82 Å². The lowest BCUT2D eigenvalue weighted by atomic mass is 10.2. The molecule has 0 saturated carbocycles. The summed E-state index contributed by atoms with van der Waals surface area (Å²) < 4.78 is 12.9. The van der Waals surface area contributed by atoms with Crippen molar-refractivity contribution in [2.75, 3.05) is 36.4 Å². The lowest BCUT2D eigenvalue weighted by molar-refractivity contribution is -0.118. The van der Waals surface area contributed by atoms with E-state index in [4.69, 9.17) is 0 Å². The van der Waals surface area contributed by atoms with Crippen LogP contribution in [0.15, 0.2) is 30.5 Å². The molecule has 0 spiro atoms. The second kappa shape index (κ2) is 6.99. The van der Waals surface area contributed by atoms with E-state index in [-0.39, 0.29) is 5.82 Å². The molecule has 0 unspecified atom stereocenters. The van der Waals surface area contributed by atoms with Crippen molar-refractivity contribution >= 4 is 18.2 Å². The number of hydrogen-bond acceptors (Lipinski definition) is 6. The third-order valence-corrected chi connectivity index (χ3v) is 3.70. The van der Waals surface area contributed by atoms with Crippen LogP contribution in [-0.4, -0.2) is 52.7 Å². The third-order valence-electron chi connectivity index (χ3n) is 3.70. The van der Waals surface area contributed by atoms with Crippen LogP contribution < -0.4 is 10.2 Å². The Balaban J connectivity index is 1.61. The zero-order valence-electron chi connectivity index (χ0n) is 12.5. The first kappa shape index (κ1) is 15.1. The van der Waals surface area contributed by atoms with Crippen molar-refractivity contribution < 1.29 is 9.18 Å². The molecule has 120 valence electrons. The molecular formula is C15H17FN6O. The third kappa shape index (κ3) is 3.91. The number of nitrogens with zero attached hydrogens (tertiary/aromatic N) is 5. The average Bonchev–Trinajstić information content (AvgIpc) is 2.61. The minimum Gasteiger partial charge on any atom is -0.352 e. The van der Waals surface area contributed by atoms with Gasteiger partial charge >= 0.3 is 0 Å². The zero-order valence-corrected chi connectivity index (χ0v) is 12.5. The van der Waals surface area contributed by atoms with Gasteiger partial charge in [-0.3, -0.25) is 4.79 Å². The van der Waals surface area contributed by atoms with E-state index in [1.54, 1.807) is 23.2 Å². The molecule has 1 amide bonds. The number of nitrogens with one attached hydrogen (secondary N) is 1. The van der Waals surface area contributed by atoms with Crippen LogP contribution in [0.4, 0.5) is 16.2 Å². The van der Waals surface area contributed by atoms with Crippen LogP contribution in [0.3, 0.4) is 0 Å². The van der Waals surface area contributed by atoms with E-state index in [0.717, 1.165) is 30.9 Å². The van der Waals surface area contributed by atoms with Gasteiger partial charge in [0, 0.05) is 32.7 Å². The van der Waals surface area contributed by atoms with E-state index in [2.05, 4.69) is 25.4 Å². The fourth-order valence-corrected chi connectivity index (χ4v) is 2.36. The number of halogens is 1. The fourth-order valence-electron chi connectivity index (χ4n) is 2.36. The molecule has 1 N–H and O–H groups in total. The number of anilines is 2. The molecule has 1 aliphatic heterocycles. The molecule has 3 rings (SSSR count). The van der Waals surface area contributed by atoms with Crippen LogP contribution in [-0.2, 0) is 11.3 Å². The maximum atomic E-state index is 12.9. The number of aromatic nitrogens is 3. The van der Waals surface area contributed by atoms with E-state index in [1.807, 2.05) is 0 Å². The van der Waals surface area contributed by atoms with E-state index in [1.165, 1.54) is 12.1 Å². The number of carbonyl (C=O) groups excluding carboxylic acids is 1. The van der Waals surface area contributed by atoms with Gasteiger partial charge < -0.3 is 15.1 Å². The standard InChI is InChI=1S/C15H17FN6O/c16-13-3-1-12(2-4-13)9-17-15-19-14(10-18-20-15)22-7-5-21(11-23)6-8-22/h1-4,10-11H,5-9H2,(H,17,19,20). The second-order valence-corrected chi connectivity index (χ2v) is 5.25. The van der Waals surface area contributed by atoms with Gasteiger partial charge in [-0.25, -0.2) is 4.39 Å². The van der Waals surface area contributed by atoms with Crippen LogP contribution in [0.5, 0.6) is 0 Å². The smallest absolute Gasteiger partial charge is 0.244 e. The van der Waals surface area contributed by atoms with Crippen molar-refractivity contribution in [3.63, 3.8) is 0 Å². The topological polar surface area (TPSA) is 74.2 Å². The Hall–Kier alpha value is -2.77. The van der Waals surface area contributed by atoms with Crippen LogP contribution in [0.25, 0.3) is 0 Å². The number of carbonyl (C=O) groups is 1. The number of piperazine rings is 1. The van der Waals surface area contributed by atoms with E-state index in [0.29, 0.717) is 25.6 Å². The Morgan fingerprint density at radius 2 is 1.91 bits per heavy atom. The highest BCUT2D eigenvalue weighted by atomic mass is 19.1. The summed E-state index contributed by atoms with van der Waals surface area (Å²) in [5.41, 5.74) is 0.931. The molecule has 0 radical (unpaired) electrons. The quantitative estimate of drug-likeness (QED) is 0.826. The highest BCUT2D eigenvalue weighted by Gasteiger charge is 2.17. The Bertz CT molecular complexity index is 657. The molecule has 0 atom stereocenters. The number of rotatable bonds is 5. The van der Waals surface area contributed by atoms with Gasteiger partial charge in [0.25, 0.3) is 0 Å². The first-order valence-corrected chi connectivity index (χ1v) is 7.37. The summed E-state index contributed by atoms with van der Waals surface area (Å²) in [6, 6.07) is 6.24. The summed E-state index contributed by atoms with van der Waals surface area (Å²) >= 11 is 0. The molecule has 0 aliphatic carbocycles. The lowest BCUT2D eigenvalue weighted by Crippen LogP contribution is -2.46. The van der Waals surface area contributed by atoms with Gasteiger partial charge in [0.1, 0.15) is 5.82 Å². The monoisotopic (exact) mass is 316 g/mol. The van der Waals surface area contributed by atoms with Gasteiger partial charge in [-0.2, -0.15) is 10.1 Å². The molecular weight excluding hydrogens is 299 g/mol. The van der Waals surface area contributed by atoms with Crippen molar-refractivity contribution in [2.24, 2.45) is 0 Å². The minimum absolute atomic E-state index is 0.261. The molecule has 2 aromatic rings. The summed E-state index contributed by atoms with van der Waals surface area (Å²) in [5, 5.41) is 11.0. The molecule has 0 bridgehead atoms. The van der Waals surface area contributed by atoms with Crippen LogP contribution in [0.2, 0.25) is 0 Å². The number of benzene rings is 1. The second-order valence-electron chi connectivity index (χ2n) is 5.25. The largest absolute Gasteiger partial charge is 0.352 e. The van der Waals surface area contributed by atoms with Crippen molar-refractivity contribution in [3.8, 4) is 0 Å². The van der Waals surface area contributed by atoms with Crippen molar-refractivity contribution in [1.29, 1.82) is 0 Å². The van der Waals surface area contributed by atoms with Gasteiger partial charge in [-0.1, -0.05) is 12.1 Å². The Morgan fingerprint density at radius 3 is 2.61 bits per heavy atom. The SMILES string of the molecule is O=CN1CCN(c2cnnc(NCc3ccc(F)cc3)n2)CC1. The summed E-state index contributed by atoms with van der Waals surface area (Å²) in [5.74, 6) is 0.889. The molecule has 1 aromatic carbocycles. The first-order valence-electron chi connectivity index (χ1n) is 7.37. The van der Waals surface area contributed by atoms with Crippen molar-refractivity contribution in [2.45, 2.75) is 6.54 Å². The summed E-state index contributed by atoms with van der Waals surface area (Å²) in [7, 11) is 0. The normalized spacial score (nSPS) is 14.7. The molecule has 2 heterocycles. The molecule has 1 aliphatic rings. The maximum Gasteiger partial charge on any atom is 0.244 e. The number of hydrogen-bond donors (Lipinski definition) is 1. The first-order chi connectivity index (χ1) is 11.2. The zero-order chi connectivity index (χ0) is 16.1. The molecule has 23 heavy (non-hydrogen) atoms. The van der Waals surface area contributed by atoms with Crippen LogP contribution in [0.1, 0.15) is 5.56 Å². The number of amides is 1. The van der Waals surface area contributed by atoms with Crippen molar-refractivity contribution in [3.05, 3.63) is 41.8 Å². The van der Waals surface area contributed by atoms with Gasteiger partial charge in [-0.15, -0.1) is 5.10 Å². The Labute approximate surface area is 133 Å². The summed E-state index contributed by atoms with van der Waals surface area (Å²) in [6.45, 7) is 3.27. The molecule has 1 fully saturated rings. The van der Waals surface area contributed by atoms with Gasteiger partial charge in [0.05, 0.1) is 6.20 Å². The highest BCUT2D eigenvalue weighted by molar-refractivity contribution is 5.49. The van der Waals surface area contributed by atoms with Crippen molar-refractivity contribution in [1.82, 2.24) is 20.1 Å². The minimum atomic E-state index is -0.261. The average molecular weight is 316 g/mol. The van der Waals surface area contributed by atoms with Gasteiger partial charge in [0.15, 0.2) is 5.82 Å². The molecule has 7 nitrogen and oxygen atoms in total. The van der Waals surface area contributed by atoms with E-state index in [9.17, 15) is 9.18 Å². The van der Waals surface area contributed by atoms with E-state index < -0.39 is 0 Å². The Morgan fingerprint density at radius 1 is 1.17 bits per heavy atom. The van der Waals surface area contributed by atoms with Crippen LogP contribution >= 0.6 is 0 Å². The maximum absolute atomic E-state index is 12.9. The predicted octanol–water partition coefficient (Wildman–Crippen LogP) is 0.901.